The molecule has 4 nitrogen and oxygen atoms in total. The van der Waals surface area contributed by atoms with E-state index in [9.17, 15) is 14.4 Å². The monoisotopic (exact) mass is 315 g/mol. The first-order valence-electron chi connectivity index (χ1n) is 7.89. The fourth-order valence-electron chi connectivity index (χ4n) is 4.31. The molecule has 0 amide bonds. The number of fused-ring (bicyclic) bond motifs is 7. The molecule has 0 saturated heterocycles. The van der Waals surface area contributed by atoms with Crippen molar-refractivity contribution in [3.05, 3.63) is 81.9 Å². The van der Waals surface area contributed by atoms with E-state index in [2.05, 4.69) is 0 Å². The van der Waals surface area contributed by atoms with Crippen molar-refractivity contribution in [2.45, 2.75) is 12.1 Å². The summed E-state index contributed by atoms with van der Waals surface area (Å²) in [5, 5.41) is 0. The highest BCUT2D eigenvalue weighted by Crippen LogP contribution is 2.50. The van der Waals surface area contributed by atoms with E-state index in [1.807, 2.05) is 30.1 Å². The van der Waals surface area contributed by atoms with Crippen molar-refractivity contribution in [1.82, 2.24) is 4.90 Å². The van der Waals surface area contributed by atoms with Crippen molar-refractivity contribution in [2.75, 3.05) is 7.05 Å². The Hall–Kier alpha value is -2.85. The Morgan fingerprint density at radius 2 is 1.21 bits per heavy atom. The van der Waals surface area contributed by atoms with Gasteiger partial charge >= 0.3 is 0 Å². The van der Waals surface area contributed by atoms with Gasteiger partial charge in [-0.2, -0.15) is 0 Å². The molecule has 2 atom stereocenters. The molecule has 24 heavy (non-hydrogen) atoms. The summed E-state index contributed by atoms with van der Waals surface area (Å²) in [4.78, 5) is 41.0. The minimum atomic E-state index is -0.662. The van der Waals surface area contributed by atoms with Crippen LogP contribution in [0.15, 0.2) is 59.7 Å². The van der Waals surface area contributed by atoms with Gasteiger partial charge in [-0.15, -0.1) is 0 Å². The van der Waals surface area contributed by atoms with Crippen LogP contribution in [0.2, 0.25) is 0 Å². The predicted molar refractivity (Wildman–Crippen MR) is 87.2 cm³/mol. The molecule has 116 valence electrons. The van der Waals surface area contributed by atoms with E-state index < -0.39 is 6.04 Å². The summed E-state index contributed by atoms with van der Waals surface area (Å²) in [6, 6.07) is 13.2. The lowest BCUT2D eigenvalue weighted by atomic mass is 9.81. The van der Waals surface area contributed by atoms with Crippen molar-refractivity contribution in [3.63, 3.8) is 0 Å². The minimum Gasteiger partial charge on any atom is -0.292 e. The second kappa shape index (κ2) is 4.36. The summed E-state index contributed by atoms with van der Waals surface area (Å²) in [5.74, 6) is -0.431. The zero-order valence-electron chi connectivity index (χ0n) is 12.9. The Balaban J connectivity index is 1.83. The Bertz CT molecular complexity index is 1000. The fourth-order valence-corrected chi connectivity index (χ4v) is 4.31. The summed E-state index contributed by atoms with van der Waals surface area (Å²) in [6.45, 7) is 0. The Morgan fingerprint density at radius 1 is 0.708 bits per heavy atom. The number of rotatable bonds is 0. The molecule has 4 heteroatoms. The first-order chi connectivity index (χ1) is 11.6. The van der Waals surface area contributed by atoms with Crippen molar-refractivity contribution in [3.8, 4) is 0 Å². The molecule has 0 radical (unpaired) electrons. The molecule has 0 N–H and O–H groups in total. The van der Waals surface area contributed by atoms with Gasteiger partial charge in [0.1, 0.15) is 6.04 Å². The third-order valence-electron chi connectivity index (χ3n) is 5.33. The van der Waals surface area contributed by atoms with Crippen LogP contribution in [-0.4, -0.2) is 35.3 Å². The van der Waals surface area contributed by atoms with Gasteiger partial charge in [-0.05, 0) is 12.6 Å². The number of benzene rings is 2. The minimum absolute atomic E-state index is 0.102. The van der Waals surface area contributed by atoms with Gasteiger partial charge in [-0.1, -0.05) is 48.5 Å². The molecule has 0 fully saturated rings. The third-order valence-corrected chi connectivity index (χ3v) is 5.33. The SMILES string of the molecule is CN1C2C(=O)c3ccccc3C1C1=C2C(=O)c2ccccc2C1=O. The van der Waals surface area contributed by atoms with Crippen LogP contribution >= 0.6 is 0 Å². The van der Waals surface area contributed by atoms with Crippen LogP contribution in [0.3, 0.4) is 0 Å². The molecule has 2 bridgehead atoms. The largest absolute Gasteiger partial charge is 0.292 e. The molecule has 0 spiro atoms. The number of Topliss-reactive ketones (excluding diaryl/α,β-unsaturated/α-hetero) is 3. The van der Waals surface area contributed by atoms with Gasteiger partial charge in [0.2, 0.25) is 0 Å². The number of likely N-dealkylation sites (N-methyl/N-ethyl adjacent to an activating group) is 1. The molecule has 5 rings (SSSR count). The zero-order chi connectivity index (χ0) is 16.6. The summed E-state index contributed by atoms with van der Waals surface area (Å²) in [5.41, 5.74) is 3.11. The number of ketones is 3. The topological polar surface area (TPSA) is 54.5 Å². The lowest BCUT2D eigenvalue weighted by Crippen LogP contribution is -2.42. The Labute approximate surface area is 138 Å². The summed E-state index contributed by atoms with van der Waals surface area (Å²) < 4.78 is 0. The number of hydrogen-bond donors (Lipinski definition) is 0. The molecule has 1 aliphatic carbocycles. The van der Waals surface area contributed by atoms with Crippen LogP contribution in [0, 0.1) is 0 Å². The smallest absolute Gasteiger partial charge is 0.192 e. The molecular formula is C20H13NO3. The number of hydrogen-bond acceptors (Lipinski definition) is 4. The molecule has 2 aromatic rings. The van der Waals surface area contributed by atoms with E-state index >= 15 is 0 Å². The van der Waals surface area contributed by atoms with Crippen molar-refractivity contribution in [2.24, 2.45) is 0 Å². The quantitative estimate of drug-likeness (QED) is 0.750. The number of carbonyl (C=O) groups excluding carboxylic acids is 3. The van der Waals surface area contributed by atoms with Crippen molar-refractivity contribution in [1.29, 1.82) is 0 Å². The second-order valence-corrected chi connectivity index (χ2v) is 6.45. The Morgan fingerprint density at radius 3 is 1.83 bits per heavy atom. The van der Waals surface area contributed by atoms with E-state index in [-0.39, 0.29) is 23.4 Å². The van der Waals surface area contributed by atoms with E-state index in [0.717, 1.165) is 5.56 Å². The van der Waals surface area contributed by atoms with Crippen LogP contribution in [0.1, 0.15) is 42.7 Å². The molecule has 2 aromatic carbocycles. The lowest BCUT2D eigenvalue weighted by molar-refractivity contribution is 0.0826. The van der Waals surface area contributed by atoms with E-state index in [4.69, 9.17) is 0 Å². The maximum Gasteiger partial charge on any atom is 0.192 e. The van der Waals surface area contributed by atoms with Crippen LogP contribution in [-0.2, 0) is 0 Å². The maximum atomic E-state index is 13.1. The second-order valence-electron chi connectivity index (χ2n) is 6.45. The standard InChI is InChI=1S/C20H13NO3/c1-21-16-10-6-2-3-7-11(10)20(24)17(21)15-14(16)18(22)12-8-4-5-9-13(12)19(15)23/h2-9,16-17H,1H3. The highest BCUT2D eigenvalue weighted by Gasteiger charge is 2.54. The number of carbonyl (C=O) groups is 3. The summed E-state index contributed by atoms with van der Waals surface area (Å²) >= 11 is 0. The molecular weight excluding hydrogens is 302 g/mol. The summed E-state index contributed by atoms with van der Waals surface area (Å²) in [7, 11) is 1.81. The third kappa shape index (κ3) is 1.40. The molecule has 2 unspecified atom stereocenters. The first kappa shape index (κ1) is 13.6. The average molecular weight is 315 g/mol. The van der Waals surface area contributed by atoms with Crippen LogP contribution in [0.4, 0.5) is 0 Å². The predicted octanol–water partition coefficient (Wildman–Crippen LogP) is 2.61. The molecule has 0 saturated carbocycles. The highest BCUT2D eigenvalue weighted by molar-refractivity contribution is 6.31. The van der Waals surface area contributed by atoms with Crippen LogP contribution in [0.25, 0.3) is 0 Å². The van der Waals surface area contributed by atoms with Gasteiger partial charge < -0.3 is 0 Å². The molecule has 2 aliphatic heterocycles. The average Bonchev–Trinajstić information content (AvgIpc) is 2.85. The van der Waals surface area contributed by atoms with Crippen LogP contribution in [0.5, 0.6) is 0 Å². The van der Waals surface area contributed by atoms with Crippen LogP contribution < -0.4 is 0 Å². The maximum absolute atomic E-state index is 13.1. The zero-order valence-corrected chi connectivity index (χ0v) is 12.9. The summed E-state index contributed by atoms with van der Waals surface area (Å²) in [6.07, 6.45) is 0. The number of nitrogens with zero attached hydrogens (tertiary/aromatic N) is 1. The van der Waals surface area contributed by atoms with Gasteiger partial charge in [0.05, 0.1) is 6.04 Å². The van der Waals surface area contributed by atoms with Gasteiger partial charge in [0, 0.05) is 27.8 Å². The van der Waals surface area contributed by atoms with Gasteiger partial charge in [0.25, 0.3) is 0 Å². The molecule has 3 aliphatic rings. The fraction of sp³-hybridized carbons (Fsp3) is 0.150. The van der Waals surface area contributed by atoms with E-state index in [1.54, 1.807) is 30.3 Å². The Kier molecular flexibility index (Phi) is 2.47. The highest BCUT2D eigenvalue weighted by atomic mass is 16.1. The van der Waals surface area contributed by atoms with E-state index in [0.29, 0.717) is 27.8 Å². The van der Waals surface area contributed by atoms with Crippen molar-refractivity contribution >= 4 is 17.3 Å². The van der Waals surface area contributed by atoms with Gasteiger partial charge in [-0.25, -0.2) is 0 Å². The van der Waals surface area contributed by atoms with E-state index in [1.165, 1.54) is 0 Å². The molecule has 2 heterocycles. The lowest BCUT2D eigenvalue weighted by Gasteiger charge is -2.33. The normalized spacial score (nSPS) is 24.8. The first-order valence-corrected chi connectivity index (χ1v) is 7.89. The van der Waals surface area contributed by atoms with Gasteiger partial charge in [-0.3, -0.25) is 19.3 Å². The van der Waals surface area contributed by atoms with Gasteiger partial charge in [0.15, 0.2) is 17.3 Å². The van der Waals surface area contributed by atoms with Crippen molar-refractivity contribution < 1.29 is 14.4 Å². The molecule has 0 aromatic heterocycles.